The lowest BCUT2D eigenvalue weighted by Gasteiger charge is -2.27. The third-order valence-corrected chi connectivity index (χ3v) is 2.96. The van der Waals surface area contributed by atoms with Crippen LogP contribution in [0.15, 0.2) is 18.5 Å². The highest BCUT2D eigenvalue weighted by Gasteiger charge is 2.17. The molecule has 2 aromatic heterocycles. The highest BCUT2D eigenvalue weighted by Crippen LogP contribution is 2.31. The third kappa shape index (κ3) is 0.953. The van der Waals surface area contributed by atoms with Crippen LogP contribution in [0.5, 0.6) is 0 Å². The number of pyridine rings is 1. The summed E-state index contributed by atoms with van der Waals surface area (Å²) >= 11 is 0. The van der Waals surface area contributed by atoms with Crippen LogP contribution < -0.4 is 4.90 Å². The average molecular weight is 187 g/mol. The van der Waals surface area contributed by atoms with E-state index in [0.717, 1.165) is 18.6 Å². The van der Waals surface area contributed by atoms with Crippen LogP contribution in [0, 0.1) is 0 Å². The maximum Gasteiger partial charge on any atom is 0.139 e. The van der Waals surface area contributed by atoms with Gasteiger partial charge in [0.2, 0.25) is 0 Å². The summed E-state index contributed by atoms with van der Waals surface area (Å²) in [5, 5.41) is 1.25. The Labute approximate surface area is 82.8 Å². The zero-order valence-corrected chi connectivity index (χ0v) is 8.25. The van der Waals surface area contributed by atoms with E-state index in [-0.39, 0.29) is 0 Å². The molecule has 3 nitrogen and oxygen atoms in total. The van der Waals surface area contributed by atoms with Gasteiger partial charge in [0.1, 0.15) is 5.65 Å². The van der Waals surface area contributed by atoms with Crippen LogP contribution in [0.3, 0.4) is 0 Å². The van der Waals surface area contributed by atoms with Crippen molar-refractivity contribution in [3.05, 3.63) is 24.0 Å². The fourth-order valence-corrected chi connectivity index (χ4v) is 2.29. The molecule has 0 unspecified atom stereocenters. The van der Waals surface area contributed by atoms with Crippen molar-refractivity contribution in [1.29, 1.82) is 0 Å². The van der Waals surface area contributed by atoms with Crippen molar-refractivity contribution in [1.82, 2.24) is 9.97 Å². The molecule has 0 saturated carbocycles. The number of anilines is 1. The number of hydrogen-bond acceptors (Lipinski definition) is 2. The van der Waals surface area contributed by atoms with E-state index >= 15 is 0 Å². The number of hydrogen-bond donors (Lipinski definition) is 1. The predicted molar refractivity (Wildman–Crippen MR) is 57.7 cm³/mol. The molecular formula is C11H13N3. The van der Waals surface area contributed by atoms with Crippen LogP contribution >= 0.6 is 0 Å². The van der Waals surface area contributed by atoms with Crippen molar-refractivity contribution in [3.8, 4) is 0 Å². The van der Waals surface area contributed by atoms with Gasteiger partial charge in [-0.05, 0) is 24.5 Å². The Hall–Kier alpha value is -1.51. The highest BCUT2D eigenvalue weighted by molar-refractivity contribution is 5.91. The highest BCUT2D eigenvalue weighted by atomic mass is 15.1. The van der Waals surface area contributed by atoms with Gasteiger partial charge in [0.05, 0.1) is 5.69 Å². The van der Waals surface area contributed by atoms with Crippen LogP contribution in [-0.4, -0.2) is 23.6 Å². The molecule has 0 aliphatic carbocycles. The molecule has 0 saturated heterocycles. The molecule has 2 aromatic rings. The molecule has 1 N–H and O–H groups in total. The molecule has 0 atom stereocenters. The molecule has 0 spiro atoms. The number of fused-ring (bicyclic) bond motifs is 3. The Morgan fingerprint density at radius 1 is 1.50 bits per heavy atom. The average Bonchev–Trinajstić information content (AvgIpc) is 2.65. The van der Waals surface area contributed by atoms with E-state index in [4.69, 9.17) is 0 Å². The van der Waals surface area contributed by atoms with Crippen molar-refractivity contribution in [2.24, 2.45) is 0 Å². The lowest BCUT2D eigenvalue weighted by atomic mass is 10.0. The molecule has 14 heavy (non-hydrogen) atoms. The van der Waals surface area contributed by atoms with Gasteiger partial charge >= 0.3 is 0 Å². The van der Waals surface area contributed by atoms with Gasteiger partial charge < -0.3 is 9.88 Å². The Kier molecular flexibility index (Phi) is 1.54. The van der Waals surface area contributed by atoms with E-state index in [9.17, 15) is 0 Å². The van der Waals surface area contributed by atoms with E-state index in [2.05, 4.69) is 28.0 Å². The lowest BCUT2D eigenvalue weighted by Crippen LogP contribution is -2.24. The molecule has 1 aliphatic heterocycles. The summed E-state index contributed by atoms with van der Waals surface area (Å²) in [6.07, 6.45) is 6.36. The summed E-state index contributed by atoms with van der Waals surface area (Å²) in [6.45, 7) is 1.15. The summed E-state index contributed by atoms with van der Waals surface area (Å²) in [4.78, 5) is 9.89. The Morgan fingerprint density at radius 2 is 2.43 bits per heavy atom. The smallest absolute Gasteiger partial charge is 0.139 e. The minimum atomic E-state index is 0.998. The summed E-state index contributed by atoms with van der Waals surface area (Å²) < 4.78 is 0. The van der Waals surface area contributed by atoms with E-state index in [1.807, 2.05) is 12.4 Å². The minimum absolute atomic E-state index is 0.998. The zero-order chi connectivity index (χ0) is 9.54. The van der Waals surface area contributed by atoms with E-state index < -0.39 is 0 Å². The number of aromatic nitrogens is 2. The molecular weight excluding hydrogens is 174 g/mol. The maximum absolute atomic E-state index is 4.41. The fourth-order valence-electron chi connectivity index (χ4n) is 2.29. The Balaban J connectivity index is 2.35. The van der Waals surface area contributed by atoms with Crippen LogP contribution in [0.25, 0.3) is 11.0 Å². The van der Waals surface area contributed by atoms with Gasteiger partial charge in [0.15, 0.2) is 0 Å². The van der Waals surface area contributed by atoms with Crippen molar-refractivity contribution in [3.63, 3.8) is 0 Å². The van der Waals surface area contributed by atoms with Gasteiger partial charge in [0.25, 0.3) is 0 Å². The molecule has 0 amide bonds. The zero-order valence-electron chi connectivity index (χ0n) is 8.25. The Morgan fingerprint density at radius 3 is 3.36 bits per heavy atom. The number of nitrogens with one attached hydrogen (secondary N) is 1. The van der Waals surface area contributed by atoms with Crippen molar-refractivity contribution >= 4 is 16.7 Å². The van der Waals surface area contributed by atoms with Crippen LogP contribution in [0.2, 0.25) is 0 Å². The third-order valence-electron chi connectivity index (χ3n) is 2.96. The molecule has 0 radical (unpaired) electrons. The first-order valence-electron chi connectivity index (χ1n) is 5.02. The van der Waals surface area contributed by atoms with Gasteiger partial charge in [0, 0.05) is 31.4 Å². The summed E-state index contributed by atoms with van der Waals surface area (Å²) in [7, 11) is 2.16. The van der Waals surface area contributed by atoms with Crippen molar-refractivity contribution in [2.75, 3.05) is 18.5 Å². The molecule has 3 rings (SSSR count). The molecule has 0 bridgehead atoms. The molecule has 3 heteroatoms. The molecule has 0 aromatic carbocycles. The number of rotatable bonds is 0. The van der Waals surface area contributed by atoms with E-state index in [0.29, 0.717) is 0 Å². The molecule has 1 aliphatic rings. The van der Waals surface area contributed by atoms with Gasteiger partial charge in [-0.25, -0.2) is 4.98 Å². The maximum atomic E-state index is 4.41. The number of H-pyrrole nitrogens is 1. The quantitative estimate of drug-likeness (QED) is 0.683. The number of aryl methyl sites for hydroxylation is 1. The van der Waals surface area contributed by atoms with Crippen molar-refractivity contribution in [2.45, 2.75) is 12.8 Å². The number of aromatic amines is 1. The van der Waals surface area contributed by atoms with Crippen molar-refractivity contribution < 1.29 is 0 Å². The lowest BCUT2D eigenvalue weighted by molar-refractivity contribution is 0.745. The van der Waals surface area contributed by atoms with Gasteiger partial charge in [-0.2, -0.15) is 0 Å². The largest absolute Gasteiger partial charge is 0.374 e. The van der Waals surface area contributed by atoms with Crippen LogP contribution in [-0.2, 0) is 6.42 Å². The van der Waals surface area contributed by atoms with E-state index in [1.165, 1.54) is 23.1 Å². The van der Waals surface area contributed by atoms with Gasteiger partial charge in [-0.3, -0.25) is 0 Å². The summed E-state index contributed by atoms with van der Waals surface area (Å²) in [6, 6.07) is 2.11. The fraction of sp³-hybridized carbons (Fsp3) is 0.364. The monoisotopic (exact) mass is 187 g/mol. The first-order chi connectivity index (χ1) is 6.86. The molecule has 72 valence electrons. The van der Waals surface area contributed by atoms with Crippen LogP contribution in [0.4, 0.5) is 5.69 Å². The standard InChI is InChI=1S/C11H13N3/c1-14-6-2-3-8-7-13-11-9(10(8)14)4-5-12-11/h4-5,7H,2-3,6H2,1H3,(H,12,13). The molecule has 3 heterocycles. The predicted octanol–water partition coefficient (Wildman–Crippen LogP) is 1.95. The second-order valence-corrected chi connectivity index (χ2v) is 3.90. The van der Waals surface area contributed by atoms with Gasteiger partial charge in [-0.15, -0.1) is 0 Å². The molecule has 0 fully saturated rings. The topological polar surface area (TPSA) is 31.9 Å². The SMILES string of the molecule is CN1CCCc2cnc3[nH]ccc3c21. The first kappa shape index (κ1) is 7.85. The Bertz CT molecular complexity index is 472. The second-order valence-electron chi connectivity index (χ2n) is 3.90. The summed E-state index contributed by atoms with van der Waals surface area (Å²) in [5.41, 5.74) is 3.74. The number of nitrogens with zero attached hydrogens (tertiary/aromatic N) is 2. The first-order valence-corrected chi connectivity index (χ1v) is 5.02. The van der Waals surface area contributed by atoms with E-state index in [1.54, 1.807) is 0 Å². The second kappa shape index (κ2) is 2.74. The normalized spacial score (nSPS) is 15.9. The minimum Gasteiger partial charge on any atom is -0.374 e. The van der Waals surface area contributed by atoms with Gasteiger partial charge in [-0.1, -0.05) is 0 Å². The summed E-state index contributed by atoms with van der Waals surface area (Å²) in [5.74, 6) is 0. The van der Waals surface area contributed by atoms with Crippen LogP contribution in [0.1, 0.15) is 12.0 Å².